The predicted molar refractivity (Wildman–Crippen MR) is 120 cm³/mol. The first-order valence-corrected chi connectivity index (χ1v) is 11.9. The molecule has 0 spiro atoms. The van der Waals surface area contributed by atoms with Gasteiger partial charge in [0.2, 0.25) is 17.7 Å². The molecular weight excluding hydrogens is 414 g/mol. The lowest BCUT2D eigenvalue weighted by atomic mass is 9.49. The highest BCUT2D eigenvalue weighted by atomic mass is 35.5. The van der Waals surface area contributed by atoms with Gasteiger partial charge in [0.05, 0.1) is 10.7 Å². The predicted octanol–water partition coefficient (Wildman–Crippen LogP) is 4.13. The molecule has 31 heavy (non-hydrogen) atoms. The van der Waals surface area contributed by atoms with Crippen LogP contribution in [0.3, 0.4) is 0 Å². The van der Waals surface area contributed by atoms with Gasteiger partial charge in [-0.3, -0.25) is 14.4 Å². The van der Waals surface area contributed by atoms with E-state index in [0.717, 1.165) is 25.7 Å². The van der Waals surface area contributed by atoms with Crippen molar-refractivity contribution in [3.8, 4) is 0 Å². The summed E-state index contributed by atoms with van der Waals surface area (Å²) < 4.78 is 0. The molecule has 3 amide bonds. The van der Waals surface area contributed by atoms with Gasteiger partial charge in [-0.2, -0.15) is 0 Å². The van der Waals surface area contributed by atoms with Crippen molar-refractivity contribution >= 4 is 40.7 Å². The summed E-state index contributed by atoms with van der Waals surface area (Å²) in [4.78, 5) is 39.6. The number of hydrogen-bond donors (Lipinski definition) is 2. The third kappa shape index (κ3) is 3.84. The molecule has 1 aliphatic heterocycles. The summed E-state index contributed by atoms with van der Waals surface area (Å²) in [6, 6.07) is 4.55. The van der Waals surface area contributed by atoms with Crippen LogP contribution in [0.1, 0.15) is 58.3 Å². The van der Waals surface area contributed by atoms with Gasteiger partial charge in [-0.05, 0) is 87.8 Å². The molecule has 1 aromatic rings. The fourth-order valence-corrected chi connectivity index (χ4v) is 7.04. The lowest BCUT2D eigenvalue weighted by molar-refractivity contribution is -0.147. The van der Waals surface area contributed by atoms with E-state index in [1.54, 1.807) is 30.0 Å². The largest absolute Gasteiger partial charge is 0.344 e. The van der Waals surface area contributed by atoms with Crippen LogP contribution in [0.2, 0.25) is 5.02 Å². The zero-order chi connectivity index (χ0) is 21.8. The Morgan fingerprint density at radius 3 is 2.32 bits per heavy atom. The first-order valence-electron chi connectivity index (χ1n) is 11.5. The minimum absolute atomic E-state index is 0.0511. The van der Waals surface area contributed by atoms with Crippen LogP contribution in [0.5, 0.6) is 0 Å². The third-order valence-corrected chi connectivity index (χ3v) is 8.14. The molecule has 6 rings (SSSR count). The summed E-state index contributed by atoms with van der Waals surface area (Å²) in [5.74, 6) is 1.91. The topological polar surface area (TPSA) is 78.5 Å². The Balaban J connectivity index is 1.21. The molecule has 0 unspecified atom stereocenters. The fourth-order valence-electron chi connectivity index (χ4n) is 6.76. The Bertz CT molecular complexity index is 895. The van der Waals surface area contributed by atoms with Gasteiger partial charge in [0.1, 0.15) is 6.04 Å². The molecule has 4 saturated carbocycles. The average molecular weight is 444 g/mol. The maximum absolute atomic E-state index is 13.2. The van der Waals surface area contributed by atoms with E-state index in [1.165, 1.54) is 19.3 Å². The summed E-state index contributed by atoms with van der Waals surface area (Å²) in [7, 11) is 0. The van der Waals surface area contributed by atoms with Crippen molar-refractivity contribution in [1.29, 1.82) is 0 Å². The molecule has 1 atom stereocenters. The van der Waals surface area contributed by atoms with Gasteiger partial charge in [0.15, 0.2) is 0 Å². The van der Waals surface area contributed by atoms with Crippen LogP contribution in [-0.4, -0.2) is 30.3 Å². The lowest BCUT2D eigenvalue weighted by Gasteiger charge is -2.55. The lowest BCUT2D eigenvalue weighted by Crippen LogP contribution is -2.56. The SMILES string of the molecule is C[C@@H](NC(=O)C12CC3CC(CC(C3)C1)C2)C(=O)Nc1ccc(N2CCCC2=O)c(Cl)c1. The number of carbonyl (C=O) groups is 3. The Labute approximate surface area is 188 Å². The van der Waals surface area contributed by atoms with E-state index >= 15 is 0 Å². The summed E-state index contributed by atoms with van der Waals surface area (Å²) in [5, 5.41) is 6.27. The monoisotopic (exact) mass is 443 g/mol. The number of rotatable bonds is 5. The molecule has 1 heterocycles. The highest BCUT2D eigenvalue weighted by Crippen LogP contribution is 2.60. The standard InChI is InChI=1S/C24H30ClN3O3/c1-14(26-23(31)24-11-15-7-16(12-24)9-17(8-15)13-24)22(30)27-18-4-5-20(19(25)10-18)28-6-2-3-21(28)29/h4-5,10,14-17H,2-3,6-9,11-13H2,1H3,(H,26,31)(H,27,30)/t14-,15?,16?,17?,24?/m1/s1. The van der Waals surface area contributed by atoms with Crippen molar-refractivity contribution in [1.82, 2.24) is 5.32 Å². The van der Waals surface area contributed by atoms with E-state index in [1.807, 2.05) is 0 Å². The third-order valence-electron chi connectivity index (χ3n) is 7.84. The second kappa shape index (κ2) is 7.80. The van der Waals surface area contributed by atoms with E-state index in [-0.39, 0.29) is 23.1 Å². The van der Waals surface area contributed by atoms with E-state index in [0.29, 0.717) is 47.1 Å². The molecule has 4 bridgehead atoms. The van der Waals surface area contributed by atoms with Crippen LogP contribution >= 0.6 is 11.6 Å². The molecule has 0 radical (unpaired) electrons. The van der Waals surface area contributed by atoms with Crippen molar-refractivity contribution in [2.45, 2.75) is 64.3 Å². The van der Waals surface area contributed by atoms with E-state index in [2.05, 4.69) is 10.6 Å². The van der Waals surface area contributed by atoms with Crippen LogP contribution in [-0.2, 0) is 14.4 Å². The number of benzene rings is 1. The van der Waals surface area contributed by atoms with Gasteiger partial charge < -0.3 is 15.5 Å². The second-order valence-corrected chi connectivity index (χ2v) is 10.6. The van der Waals surface area contributed by atoms with E-state index in [9.17, 15) is 14.4 Å². The van der Waals surface area contributed by atoms with Crippen LogP contribution in [0.15, 0.2) is 18.2 Å². The molecule has 6 nitrogen and oxygen atoms in total. The van der Waals surface area contributed by atoms with Crippen LogP contribution < -0.4 is 15.5 Å². The Morgan fingerprint density at radius 1 is 1.13 bits per heavy atom. The Hall–Kier alpha value is -2.08. The van der Waals surface area contributed by atoms with Crippen LogP contribution in [0, 0.1) is 23.2 Å². The number of hydrogen-bond acceptors (Lipinski definition) is 3. The molecule has 1 saturated heterocycles. The highest BCUT2D eigenvalue weighted by Gasteiger charge is 2.54. The summed E-state index contributed by atoms with van der Waals surface area (Å²) in [6.07, 6.45) is 8.14. The molecule has 166 valence electrons. The van der Waals surface area contributed by atoms with Crippen molar-refractivity contribution < 1.29 is 14.4 Å². The van der Waals surface area contributed by atoms with Gasteiger partial charge in [-0.1, -0.05) is 11.6 Å². The van der Waals surface area contributed by atoms with Crippen molar-refractivity contribution in [2.24, 2.45) is 23.2 Å². The average Bonchev–Trinajstić information content (AvgIpc) is 3.12. The minimum Gasteiger partial charge on any atom is -0.344 e. The van der Waals surface area contributed by atoms with Crippen LogP contribution in [0.25, 0.3) is 0 Å². The Morgan fingerprint density at radius 2 is 1.77 bits per heavy atom. The van der Waals surface area contributed by atoms with Crippen LogP contribution in [0.4, 0.5) is 11.4 Å². The van der Waals surface area contributed by atoms with Gasteiger partial charge in [-0.15, -0.1) is 0 Å². The zero-order valence-corrected chi connectivity index (χ0v) is 18.7. The summed E-state index contributed by atoms with van der Waals surface area (Å²) >= 11 is 6.38. The summed E-state index contributed by atoms with van der Waals surface area (Å²) in [5.41, 5.74) is 0.961. The van der Waals surface area contributed by atoms with Gasteiger partial charge in [0, 0.05) is 24.1 Å². The molecule has 5 fully saturated rings. The van der Waals surface area contributed by atoms with Crippen molar-refractivity contribution in [2.75, 3.05) is 16.8 Å². The number of nitrogens with zero attached hydrogens (tertiary/aromatic N) is 1. The molecular formula is C24H30ClN3O3. The molecule has 7 heteroatoms. The van der Waals surface area contributed by atoms with Gasteiger partial charge in [0.25, 0.3) is 0 Å². The highest BCUT2D eigenvalue weighted by molar-refractivity contribution is 6.34. The van der Waals surface area contributed by atoms with Gasteiger partial charge >= 0.3 is 0 Å². The van der Waals surface area contributed by atoms with E-state index < -0.39 is 6.04 Å². The number of halogens is 1. The van der Waals surface area contributed by atoms with Gasteiger partial charge in [-0.25, -0.2) is 0 Å². The first kappa shape index (κ1) is 20.8. The fraction of sp³-hybridized carbons (Fsp3) is 0.625. The smallest absolute Gasteiger partial charge is 0.246 e. The summed E-state index contributed by atoms with van der Waals surface area (Å²) in [6.45, 7) is 2.39. The second-order valence-electron chi connectivity index (χ2n) is 10.2. The number of nitrogens with one attached hydrogen (secondary N) is 2. The van der Waals surface area contributed by atoms with Crippen molar-refractivity contribution in [3.05, 3.63) is 23.2 Å². The number of amides is 3. The molecule has 0 aromatic heterocycles. The molecule has 4 aliphatic carbocycles. The maximum atomic E-state index is 13.2. The molecule has 1 aromatic carbocycles. The maximum Gasteiger partial charge on any atom is 0.246 e. The van der Waals surface area contributed by atoms with E-state index in [4.69, 9.17) is 11.6 Å². The minimum atomic E-state index is -0.626. The zero-order valence-electron chi connectivity index (χ0n) is 18.0. The molecule has 2 N–H and O–H groups in total. The van der Waals surface area contributed by atoms with Crippen molar-refractivity contribution in [3.63, 3.8) is 0 Å². The number of anilines is 2. The normalized spacial score (nSPS) is 32.3. The number of carbonyl (C=O) groups excluding carboxylic acids is 3. The quantitative estimate of drug-likeness (QED) is 0.718. The first-order chi connectivity index (χ1) is 14.8. The molecule has 5 aliphatic rings. The Kier molecular flexibility index (Phi) is 5.24.